The van der Waals surface area contributed by atoms with Crippen molar-refractivity contribution >= 4 is 37.6 Å². The molecule has 8 heteroatoms. The number of aromatic carboxylic acids is 1. The van der Waals surface area contributed by atoms with Crippen LogP contribution in [0.1, 0.15) is 30.6 Å². The quantitative estimate of drug-likeness (QED) is 0.787. The molecule has 0 fully saturated rings. The van der Waals surface area contributed by atoms with Crippen LogP contribution in [-0.4, -0.2) is 37.2 Å². The summed E-state index contributed by atoms with van der Waals surface area (Å²) in [7, 11) is -3.88. The molecule has 0 aliphatic rings. The Kier molecular flexibility index (Phi) is 5.91. The molecule has 1 aromatic rings. The normalized spacial score (nSPS) is 12.7. The molecule has 0 bridgehead atoms. The van der Waals surface area contributed by atoms with Crippen molar-refractivity contribution in [3.63, 3.8) is 0 Å². The Labute approximate surface area is 131 Å². The third-order valence-corrected chi connectivity index (χ3v) is 5.17. The summed E-state index contributed by atoms with van der Waals surface area (Å²) in [5.74, 6) is -2.56. The van der Waals surface area contributed by atoms with Gasteiger partial charge in [0, 0.05) is 10.5 Å². The molecule has 0 heterocycles. The smallest absolute Gasteiger partial charge is 0.336 e. The summed E-state index contributed by atoms with van der Waals surface area (Å²) in [4.78, 5) is 22.5. The molecule has 0 aliphatic carbocycles. The van der Waals surface area contributed by atoms with Crippen LogP contribution >= 0.6 is 15.9 Å². The second-order valence-corrected chi connectivity index (χ2v) is 7.43. The van der Waals surface area contributed by atoms with Crippen molar-refractivity contribution in [2.45, 2.75) is 31.2 Å². The Bertz CT molecular complexity index is 657. The average Bonchev–Trinajstić information content (AvgIpc) is 2.37. The van der Waals surface area contributed by atoms with Gasteiger partial charge in [0.2, 0.25) is 5.91 Å². The highest BCUT2D eigenvalue weighted by Crippen LogP contribution is 2.21. The van der Waals surface area contributed by atoms with E-state index in [-0.39, 0.29) is 21.0 Å². The monoisotopic (exact) mass is 377 g/mol. The van der Waals surface area contributed by atoms with Gasteiger partial charge in [-0.25, -0.2) is 13.2 Å². The first-order valence-electron chi connectivity index (χ1n) is 6.22. The van der Waals surface area contributed by atoms with Crippen molar-refractivity contribution in [2.75, 3.05) is 5.75 Å². The molecule has 0 saturated carbocycles. The molecular weight excluding hydrogens is 362 g/mol. The van der Waals surface area contributed by atoms with Gasteiger partial charge in [0.15, 0.2) is 9.84 Å². The molecule has 1 aromatic carbocycles. The van der Waals surface area contributed by atoms with E-state index in [0.717, 1.165) is 6.07 Å². The van der Waals surface area contributed by atoms with E-state index in [4.69, 9.17) is 5.11 Å². The lowest BCUT2D eigenvalue weighted by Gasteiger charge is -2.12. The predicted octanol–water partition coefficient (Wildman–Crippen LogP) is 1.84. The van der Waals surface area contributed by atoms with Crippen LogP contribution in [0.15, 0.2) is 27.6 Å². The molecule has 1 atom stereocenters. The number of halogens is 1. The molecule has 0 aliphatic heterocycles. The number of carbonyl (C=O) groups excluding carboxylic acids is 1. The Morgan fingerprint density at radius 1 is 1.38 bits per heavy atom. The minimum Gasteiger partial charge on any atom is -0.478 e. The van der Waals surface area contributed by atoms with Crippen LogP contribution in [0.5, 0.6) is 0 Å². The molecule has 0 aromatic heterocycles. The highest BCUT2D eigenvalue weighted by atomic mass is 79.9. The fourth-order valence-electron chi connectivity index (χ4n) is 1.54. The Morgan fingerprint density at radius 2 is 2.00 bits per heavy atom. The number of rotatable bonds is 6. The number of carboxylic acid groups (broad SMARTS) is 1. The van der Waals surface area contributed by atoms with Gasteiger partial charge >= 0.3 is 5.97 Å². The number of hydrogen-bond donors (Lipinski definition) is 2. The van der Waals surface area contributed by atoms with Crippen molar-refractivity contribution < 1.29 is 23.1 Å². The maximum absolute atomic E-state index is 12.1. The van der Waals surface area contributed by atoms with Gasteiger partial charge in [0.05, 0.1) is 10.5 Å². The maximum atomic E-state index is 12.1. The molecule has 0 spiro atoms. The molecule has 6 nitrogen and oxygen atoms in total. The molecule has 0 radical (unpaired) electrons. The van der Waals surface area contributed by atoms with E-state index in [1.807, 2.05) is 6.92 Å². The summed E-state index contributed by atoms with van der Waals surface area (Å²) in [5, 5.41) is 11.5. The molecular formula is C13H16BrNO5S. The average molecular weight is 378 g/mol. The molecule has 116 valence electrons. The zero-order valence-electron chi connectivity index (χ0n) is 11.6. The number of carboxylic acids is 1. The largest absolute Gasteiger partial charge is 0.478 e. The van der Waals surface area contributed by atoms with Crippen LogP contribution in [0, 0.1) is 0 Å². The van der Waals surface area contributed by atoms with E-state index in [9.17, 15) is 18.0 Å². The summed E-state index contributed by atoms with van der Waals surface area (Å²) < 4.78 is 24.5. The number of sulfone groups is 1. The molecule has 21 heavy (non-hydrogen) atoms. The number of nitrogens with one attached hydrogen (secondary N) is 1. The minimum absolute atomic E-state index is 0.118. The molecule has 1 amide bonds. The van der Waals surface area contributed by atoms with E-state index >= 15 is 0 Å². The van der Waals surface area contributed by atoms with E-state index in [0.29, 0.717) is 6.42 Å². The van der Waals surface area contributed by atoms with Crippen LogP contribution in [0.2, 0.25) is 0 Å². The molecule has 0 saturated heterocycles. The number of amides is 1. The second kappa shape index (κ2) is 7.04. The highest BCUT2D eigenvalue weighted by Gasteiger charge is 2.22. The minimum atomic E-state index is -3.88. The van der Waals surface area contributed by atoms with Crippen molar-refractivity contribution in [1.29, 1.82) is 0 Å². The summed E-state index contributed by atoms with van der Waals surface area (Å²) in [6.07, 6.45) is 0.688. The number of hydrogen-bond acceptors (Lipinski definition) is 4. The van der Waals surface area contributed by atoms with Gasteiger partial charge in [-0.3, -0.25) is 4.79 Å². The zero-order valence-corrected chi connectivity index (χ0v) is 14.0. The van der Waals surface area contributed by atoms with Crippen LogP contribution in [0.3, 0.4) is 0 Å². The Morgan fingerprint density at radius 3 is 2.52 bits per heavy atom. The summed E-state index contributed by atoms with van der Waals surface area (Å²) >= 11 is 3.04. The summed E-state index contributed by atoms with van der Waals surface area (Å²) in [5.41, 5.74) is -0.168. The topological polar surface area (TPSA) is 101 Å². The van der Waals surface area contributed by atoms with E-state index in [2.05, 4.69) is 21.2 Å². The van der Waals surface area contributed by atoms with Crippen molar-refractivity contribution in [3.05, 3.63) is 28.2 Å². The summed E-state index contributed by atoms with van der Waals surface area (Å²) in [6, 6.07) is 3.52. The first kappa shape index (κ1) is 17.6. The van der Waals surface area contributed by atoms with Gasteiger partial charge in [-0.15, -0.1) is 0 Å². The lowest BCUT2D eigenvalue weighted by Crippen LogP contribution is -2.36. The highest BCUT2D eigenvalue weighted by molar-refractivity contribution is 9.10. The third-order valence-electron chi connectivity index (χ3n) is 2.87. The van der Waals surface area contributed by atoms with E-state index in [1.54, 1.807) is 6.92 Å². The van der Waals surface area contributed by atoms with Crippen molar-refractivity contribution in [1.82, 2.24) is 5.32 Å². The second-order valence-electron chi connectivity index (χ2n) is 4.58. The third kappa shape index (κ3) is 4.82. The first-order valence-corrected chi connectivity index (χ1v) is 8.67. The Balaban J connectivity index is 3.01. The predicted molar refractivity (Wildman–Crippen MR) is 81.0 cm³/mol. The van der Waals surface area contributed by atoms with E-state index < -0.39 is 27.5 Å². The fraction of sp³-hybridized carbons (Fsp3) is 0.385. The van der Waals surface area contributed by atoms with Crippen molar-refractivity contribution in [2.24, 2.45) is 0 Å². The van der Waals surface area contributed by atoms with Gasteiger partial charge in [0.25, 0.3) is 0 Å². The van der Waals surface area contributed by atoms with Gasteiger partial charge in [-0.2, -0.15) is 0 Å². The van der Waals surface area contributed by atoms with Gasteiger partial charge in [-0.1, -0.05) is 6.92 Å². The van der Waals surface area contributed by atoms with Crippen molar-refractivity contribution in [3.8, 4) is 0 Å². The van der Waals surface area contributed by atoms with Gasteiger partial charge < -0.3 is 10.4 Å². The van der Waals surface area contributed by atoms with Crippen LogP contribution in [-0.2, 0) is 14.6 Å². The van der Waals surface area contributed by atoms with Gasteiger partial charge in [0.1, 0.15) is 5.75 Å². The summed E-state index contributed by atoms with van der Waals surface area (Å²) in [6.45, 7) is 3.64. The zero-order chi connectivity index (χ0) is 16.2. The van der Waals surface area contributed by atoms with Crippen LogP contribution < -0.4 is 5.32 Å². The molecule has 1 unspecified atom stereocenters. The van der Waals surface area contributed by atoms with E-state index in [1.165, 1.54) is 12.1 Å². The first-order chi connectivity index (χ1) is 9.67. The standard InChI is InChI=1S/C13H16BrNO5S/c1-3-8(2)15-12(16)7-21(19,20)9-4-5-11(14)10(6-9)13(17)18/h4-6,8H,3,7H2,1-2H3,(H,15,16)(H,17,18). The van der Waals surface area contributed by atoms with Gasteiger partial charge in [-0.05, 0) is 47.5 Å². The lowest BCUT2D eigenvalue weighted by molar-refractivity contribution is -0.119. The molecule has 1 rings (SSSR count). The van der Waals surface area contributed by atoms with Crippen LogP contribution in [0.4, 0.5) is 0 Å². The Hall–Kier alpha value is -1.41. The lowest BCUT2D eigenvalue weighted by atomic mass is 10.2. The fourth-order valence-corrected chi connectivity index (χ4v) is 3.12. The van der Waals surface area contributed by atoms with Crippen LogP contribution in [0.25, 0.3) is 0 Å². The maximum Gasteiger partial charge on any atom is 0.336 e. The SMILES string of the molecule is CCC(C)NC(=O)CS(=O)(=O)c1ccc(Br)c(C(=O)O)c1. The number of benzene rings is 1. The molecule has 2 N–H and O–H groups in total. The number of carbonyl (C=O) groups is 2.